The molecule has 0 bridgehead atoms. The minimum absolute atomic E-state index is 0.0748. The van der Waals surface area contributed by atoms with Crippen LogP contribution in [0.5, 0.6) is 0 Å². The molecule has 6 aromatic carbocycles. The number of halogens is 3. The third-order valence-corrected chi connectivity index (χ3v) is 24.2. The normalized spacial score (nSPS) is 15.7. The zero-order valence-electron chi connectivity index (χ0n) is 39.2. The minimum atomic E-state index is 0.0748. The van der Waals surface area contributed by atoms with Gasteiger partial charge in [-0.25, -0.2) is 15.0 Å². The number of nitrogens with zero attached hydrogens (tertiary/aromatic N) is 6. The van der Waals surface area contributed by atoms with Crippen LogP contribution in [-0.2, 0) is 0 Å². The van der Waals surface area contributed by atoms with Crippen molar-refractivity contribution in [3.05, 3.63) is 157 Å². The molecule has 0 amide bonds. The van der Waals surface area contributed by atoms with Gasteiger partial charge >= 0.3 is 0 Å². The SMILES string of the molecule is CCCN(CCC)c1ccc2c(c1)S(I)=c1ccccc1=N2.CCCN(CCC)c1ccc2c(c1)S(I)=c1ccccc1=N2.CCCN(CCC)c1ccc2c(c1)S(I)=c1ccccc1=N2. The monoisotopic (exact) mass is 1270 g/mol. The van der Waals surface area contributed by atoms with Crippen molar-refractivity contribution >= 4 is 121 Å². The fraction of sp³-hybridized carbons (Fsp3) is 0.333. The largest absolute Gasteiger partial charge is 0.372 e. The molecule has 0 aromatic heterocycles. The van der Waals surface area contributed by atoms with Crippen LogP contribution in [-0.4, -0.2) is 39.3 Å². The summed E-state index contributed by atoms with van der Waals surface area (Å²) in [5.74, 6) is 0. The number of fused-ring (bicyclic) bond motifs is 6. The molecule has 12 heteroatoms. The first kappa shape index (κ1) is 51.2. The molecule has 0 N–H and O–H groups in total. The van der Waals surface area contributed by atoms with Crippen LogP contribution in [0.3, 0.4) is 0 Å². The number of para-hydroxylation sites is 3. The molecule has 0 aliphatic carbocycles. The minimum Gasteiger partial charge on any atom is -0.372 e. The summed E-state index contributed by atoms with van der Waals surface area (Å²) in [6.07, 6.45) is 7.08. The van der Waals surface area contributed by atoms with E-state index in [0.29, 0.717) is 0 Å². The Morgan fingerprint density at radius 3 is 0.833 bits per heavy atom. The van der Waals surface area contributed by atoms with Gasteiger partial charge in [0.05, 0.1) is 33.1 Å². The van der Waals surface area contributed by atoms with Gasteiger partial charge in [0, 0.05) is 84.5 Å². The van der Waals surface area contributed by atoms with Gasteiger partial charge in [-0.3, -0.25) is 0 Å². The van der Waals surface area contributed by atoms with Crippen LogP contribution < -0.4 is 30.8 Å². The number of rotatable bonds is 15. The van der Waals surface area contributed by atoms with Gasteiger partial charge in [0.1, 0.15) is 0 Å². The Balaban J connectivity index is 0.000000147. The highest BCUT2D eigenvalue weighted by Crippen LogP contribution is 2.48. The number of anilines is 3. The maximum atomic E-state index is 4.84. The molecule has 3 atom stereocenters. The van der Waals surface area contributed by atoms with E-state index in [0.717, 1.165) is 72.4 Å². The fourth-order valence-corrected chi connectivity index (χ4v) is 18.7. The fourth-order valence-electron chi connectivity index (χ4n) is 8.38. The second-order valence-corrected chi connectivity index (χ2v) is 28.5. The van der Waals surface area contributed by atoms with Gasteiger partial charge in [-0.2, -0.15) is 0 Å². The van der Waals surface area contributed by atoms with Crippen LogP contribution in [0.15, 0.2) is 157 Å². The van der Waals surface area contributed by atoms with E-state index in [2.05, 4.69) is 247 Å². The molecule has 3 aliphatic heterocycles. The summed E-state index contributed by atoms with van der Waals surface area (Å²) in [4.78, 5) is 26.1. The second-order valence-electron chi connectivity index (χ2n) is 16.4. The first-order valence-corrected chi connectivity index (χ1v) is 34.8. The quantitative estimate of drug-likeness (QED) is 0.0760. The van der Waals surface area contributed by atoms with Gasteiger partial charge in [0.2, 0.25) is 0 Å². The van der Waals surface area contributed by atoms with Crippen molar-refractivity contribution in [1.82, 2.24) is 0 Å². The zero-order chi connectivity index (χ0) is 46.6. The highest BCUT2D eigenvalue weighted by Gasteiger charge is 2.17. The summed E-state index contributed by atoms with van der Waals surface area (Å²) < 4.78 is 4.06. The summed E-state index contributed by atoms with van der Waals surface area (Å²) in [6.45, 7) is 20.2. The van der Waals surface area contributed by atoms with E-state index in [1.165, 1.54) is 83.8 Å². The average Bonchev–Trinajstić information content (AvgIpc) is 3.34. The third-order valence-electron chi connectivity index (χ3n) is 11.4. The summed E-state index contributed by atoms with van der Waals surface area (Å²) >= 11 is 7.72. The van der Waals surface area contributed by atoms with Gasteiger partial charge < -0.3 is 14.7 Å². The van der Waals surface area contributed by atoms with E-state index in [9.17, 15) is 0 Å². The van der Waals surface area contributed by atoms with E-state index in [-0.39, 0.29) is 23.0 Å². The van der Waals surface area contributed by atoms with E-state index in [4.69, 9.17) is 15.0 Å². The molecule has 3 unspecified atom stereocenters. The Bertz CT molecular complexity index is 2710. The van der Waals surface area contributed by atoms with Crippen LogP contribution in [0.1, 0.15) is 80.1 Å². The predicted molar refractivity (Wildman–Crippen MR) is 316 cm³/mol. The molecule has 0 saturated heterocycles. The Morgan fingerprint density at radius 2 is 0.591 bits per heavy atom. The molecule has 6 nitrogen and oxygen atoms in total. The smallest absolute Gasteiger partial charge is 0.0777 e. The van der Waals surface area contributed by atoms with Crippen molar-refractivity contribution in [2.75, 3.05) is 54.0 Å². The Morgan fingerprint density at radius 1 is 0.348 bits per heavy atom. The maximum Gasteiger partial charge on any atom is 0.0777 e. The lowest BCUT2D eigenvalue weighted by Crippen LogP contribution is -2.24. The Hall–Kier alpha value is -2.64. The van der Waals surface area contributed by atoms with Crippen molar-refractivity contribution < 1.29 is 0 Å². The molecule has 3 heterocycles. The van der Waals surface area contributed by atoms with Crippen LogP contribution in [0, 0.1) is 13.5 Å². The molecule has 66 heavy (non-hydrogen) atoms. The summed E-state index contributed by atoms with van der Waals surface area (Å²) in [6, 6.07) is 45.9. The molecule has 9 rings (SSSR count). The van der Waals surface area contributed by atoms with Gasteiger partial charge in [-0.05, 0) is 193 Å². The van der Waals surface area contributed by atoms with Crippen molar-refractivity contribution in [1.29, 1.82) is 0 Å². The van der Waals surface area contributed by atoms with Crippen molar-refractivity contribution in [2.45, 2.75) is 94.8 Å². The summed E-state index contributed by atoms with van der Waals surface area (Å²) in [5, 5.41) is 3.37. The number of hydrogen-bond donors (Lipinski definition) is 0. The third kappa shape index (κ3) is 12.2. The predicted octanol–water partition coefficient (Wildman–Crippen LogP) is 16.5. The number of hydrogen-bond acceptors (Lipinski definition) is 6. The number of benzene rings is 6. The van der Waals surface area contributed by atoms with Crippen LogP contribution in [0.4, 0.5) is 34.1 Å². The molecule has 6 aromatic rings. The first-order chi connectivity index (χ1) is 32.2. The van der Waals surface area contributed by atoms with E-state index in [1.54, 1.807) is 0 Å². The Kier molecular flexibility index (Phi) is 19.6. The molecule has 0 spiro atoms. The van der Waals surface area contributed by atoms with Gasteiger partial charge in [-0.15, -0.1) is 0 Å². The zero-order valence-corrected chi connectivity index (χ0v) is 48.1. The van der Waals surface area contributed by atoms with E-state index >= 15 is 0 Å². The molecule has 0 fully saturated rings. The molecular formula is C54H63I3N6S3. The molecular weight excluding hydrogens is 1210 g/mol. The standard InChI is InChI=1S/3C18H21IN2S/c3*1-3-11-21(12-4-2)14-9-10-16-18(13-14)22(19)17-8-6-5-7-15(17)20-16/h3*5-10,13H,3-4,11-12H2,1-2H3. The first-order valence-electron chi connectivity index (χ1n) is 23.5. The maximum absolute atomic E-state index is 4.84. The van der Waals surface area contributed by atoms with Gasteiger partial charge in [0.15, 0.2) is 0 Å². The van der Waals surface area contributed by atoms with Crippen molar-refractivity contribution in [3.63, 3.8) is 0 Å². The highest BCUT2D eigenvalue weighted by atomic mass is 127. The topological polar surface area (TPSA) is 46.8 Å². The van der Waals surface area contributed by atoms with Crippen molar-refractivity contribution in [3.8, 4) is 0 Å². The molecule has 0 radical (unpaired) electrons. The highest BCUT2D eigenvalue weighted by molar-refractivity contribution is 14.2. The molecule has 348 valence electrons. The van der Waals surface area contributed by atoms with Crippen LogP contribution in [0.25, 0.3) is 0 Å². The van der Waals surface area contributed by atoms with Crippen LogP contribution in [0.2, 0.25) is 0 Å². The lowest BCUT2D eigenvalue weighted by Gasteiger charge is -2.25. The lowest BCUT2D eigenvalue weighted by atomic mass is 10.2. The van der Waals surface area contributed by atoms with Gasteiger partial charge in [0.25, 0.3) is 0 Å². The lowest BCUT2D eigenvalue weighted by molar-refractivity contribution is 0.744. The second kappa shape index (κ2) is 25.3. The average molecular weight is 1270 g/mol. The van der Waals surface area contributed by atoms with E-state index in [1.807, 2.05) is 0 Å². The van der Waals surface area contributed by atoms with E-state index < -0.39 is 0 Å². The van der Waals surface area contributed by atoms with Gasteiger partial charge in [-0.1, -0.05) is 101 Å². The summed E-state index contributed by atoms with van der Waals surface area (Å²) in [5.41, 5.74) is 7.41. The molecule has 3 aliphatic rings. The van der Waals surface area contributed by atoms with Crippen molar-refractivity contribution in [2.24, 2.45) is 15.0 Å². The summed E-state index contributed by atoms with van der Waals surface area (Å²) in [7, 11) is 0.224. The Labute approximate surface area is 436 Å². The van der Waals surface area contributed by atoms with Crippen LogP contribution >= 0.6 is 86.6 Å². The molecule has 0 saturated carbocycles.